The average molecular weight is 545 g/mol. The number of hydrogen-bond acceptors (Lipinski definition) is 7. The van der Waals surface area contributed by atoms with Crippen LogP contribution in [0.15, 0.2) is 11.6 Å². The molecule has 6 N–H and O–H groups in total. The van der Waals surface area contributed by atoms with Gasteiger partial charge in [-0.25, -0.2) is 4.57 Å². The number of carbonyl (C=O) groups is 1. The first kappa shape index (κ1) is 29.3. The van der Waals surface area contributed by atoms with Crippen molar-refractivity contribution in [3.8, 4) is 0 Å². The van der Waals surface area contributed by atoms with Crippen LogP contribution in [0.25, 0.3) is 0 Å². The van der Waals surface area contributed by atoms with Gasteiger partial charge in [0.1, 0.15) is 0 Å². The first-order valence-corrected chi connectivity index (χ1v) is 15.2. The summed E-state index contributed by atoms with van der Waals surface area (Å²) < 4.78 is 17.1. The quantitative estimate of drug-likeness (QED) is 0.264. The summed E-state index contributed by atoms with van der Waals surface area (Å²) >= 11 is 0. The van der Waals surface area contributed by atoms with E-state index in [1.807, 2.05) is 20.8 Å². The molecule has 4 aliphatic rings. The molecule has 0 radical (unpaired) electrons. The van der Waals surface area contributed by atoms with Crippen molar-refractivity contribution in [2.75, 3.05) is 0 Å². The zero-order valence-corrected chi connectivity index (χ0v) is 23.5. The largest absolute Gasteiger partial charge is 0.469 e. The fourth-order valence-electron chi connectivity index (χ4n) is 8.60. The molecule has 0 bridgehead atoms. The van der Waals surface area contributed by atoms with Crippen LogP contribution in [0.3, 0.4) is 0 Å². The van der Waals surface area contributed by atoms with E-state index in [0.717, 1.165) is 0 Å². The number of phosphoric ester groups is 1. The van der Waals surface area contributed by atoms with E-state index < -0.39 is 54.1 Å². The minimum Gasteiger partial charge on any atom is -0.390 e. The highest BCUT2D eigenvalue weighted by Crippen LogP contribution is 2.68. The van der Waals surface area contributed by atoms with E-state index in [1.165, 1.54) is 0 Å². The predicted octanol–water partition coefficient (Wildman–Crippen LogP) is 2.86. The summed E-state index contributed by atoms with van der Waals surface area (Å²) in [5, 5.41) is 43.3. The van der Waals surface area contributed by atoms with Crippen molar-refractivity contribution < 1.29 is 44.1 Å². The Kier molecular flexibility index (Phi) is 7.52. The van der Waals surface area contributed by atoms with Crippen LogP contribution in [0.2, 0.25) is 0 Å². The molecular formula is C27H45O9P. The summed E-state index contributed by atoms with van der Waals surface area (Å²) in [6.07, 6.45) is 2.42. The van der Waals surface area contributed by atoms with Crippen LogP contribution in [0.5, 0.6) is 0 Å². The summed E-state index contributed by atoms with van der Waals surface area (Å²) in [4.78, 5) is 32.5. The molecule has 10 heteroatoms. The van der Waals surface area contributed by atoms with Gasteiger partial charge >= 0.3 is 7.82 Å². The summed E-state index contributed by atoms with van der Waals surface area (Å²) in [5.41, 5.74) is -2.77. The second-order valence-corrected chi connectivity index (χ2v) is 14.7. The molecule has 1 unspecified atom stereocenters. The molecule has 37 heavy (non-hydrogen) atoms. The summed E-state index contributed by atoms with van der Waals surface area (Å²) in [6.45, 7) is 9.20. The molecule has 10 atom stereocenters. The molecule has 0 spiro atoms. The Bertz CT molecular complexity index is 985. The van der Waals surface area contributed by atoms with Crippen molar-refractivity contribution in [3.05, 3.63) is 11.6 Å². The molecule has 0 saturated heterocycles. The Morgan fingerprint density at radius 3 is 2.38 bits per heavy atom. The molecule has 3 saturated carbocycles. The Morgan fingerprint density at radius 2 is 1.78 bits per heavy atom. The molecule has 0 aliphatic heterocycles. The van der Waals surface area contributed by atoms with Gasteiger partial charge in [-0.2, -0.15) is 0 Å². The van der Waals surface area contributed by atoms with Crippen molar-refractivity contribution in [2.24, 2.45) is 34.5 Å². The highest BCUT2D eigenvalue weighted by atomic mass is 31.2. The molecule has 212 valence electrons. The molecule has 0 aromatic heterocycles. The van der Waals surface area contributed by atoms with E-state index in [2.05, 4.69) is 0 Å². The normalized spacial score (nSPS) is 43.9. The molecular weight excluding hydrogens is 499 g/mol. The standard InChI is InChI=1S/C27H45O9P/c1-15(23(36-37(33,34)35)8-9-24(2,3)31)16-7-11-27(32)18-12-20(28)19-13-21(29)22(30)14-25(19,4)17(18)6-10-26(16,27)5/h12,15-17,19,21-23,29-32H,6-11,13-14H2,1-5H3,(H2,33,34,35)/t15-,16+,17-,19-,21+,22-,23?,25+,26+,27+/m0/s1. The van der Waals surface area contributed by atoms with Crippen molar-refractivity contribution in [2.45, 2.75) is 115 Å². The van der Waals surface area contributed by atoms with Gasteiger partial charge in [0.25, 0.3) is 0 Å². The first-order chi connectivity index (χ1) is 16.8. The summed E-state index contributed by atoms with van der Waals surface area (Å²) in [7, 11) is -4.79. The third-order valence-corrected chi connectivity index (χ3v) is 11.3. The number of phosphoric acid groups is 1. The van der Waals surface area contributed by atoms with Gasteiger partial charge < -0.3 is 30.2 Å². The number of allylic oxidation sites excluding steroid dienone is 1. The maximum Gasteiger partial charge on any atom is 0.469 e. The predicted molar refractivity (Wildman–Crippen MR) is 136 cm³/mol. The van der Waals surface area contributed by atoms with Crippen molar-refractivity contribution in [1.82, 2.24) is 0 Å². The number of hydrogen-bond donors (Lipinski definition) is 6. The Morgan fingerprint density at radius 1 is 1.14 bits per heavy atom. The van der Waals surface area contributed by atoms with Gasteiger partial charge in [-0.3, -0.25) is 9.32 Å². The van der Waals surface area contributed by atoms with Crippen LogP contribution in [0.1, 0.15) is 86.0 Å². The van der Waals surface area contributed by atoms with Gasteiger partial charge in [0.15, 0.2) is 5.78 Å². The lowest BCUT2D eigenvalue weighted by molar-refractivity contribution is -0.154. The molecule has 3 fully saturated rings. The number of rotatable bonds is 7. The SMILES string of the molecule is C[C@H](C(CCC(C)(C)O)OP(=O)(O)O)[C@H]1CC[C@@]2(O)C3=CC(=O)[C@@H]4C[C@@H](O)[C@@H](O)C[C@]4(C)[C@H]3CC[C@]12C. The van der Waals surface area contributed by atoms with Crippen LogP contribution in [-0.4, -0.2) is 65.5 Å². The number of aliphatic hydroxyl groups excluding tert-OH is 2. The molecule has 0 amide bonds. The topological polar surface area (TPSA) is 165 Å². The van der Waals surface area contributed by atoms with Crippen LogP contribution < -0.4 is 0 Å². The van der Waals surface area contributed by atoms with Gasteiger partial charge in [0.2, 0.25) is 0 Å². The van der Waals surface area contributed by atoms with Crippen LogP contribution in [-0.2, 0) is 13.9 Å². The minimum atomic E-state index is -4.79. The maximum atomic E-state index is 13.3. The zero-order chi connectivity index (χ0) is 27.8. The van der Waals surface area contributed by atoms with E-state index in [4.69, 9.17) is 4.52 Å². The fraction of sp³-hybridized carbons (Fsp3) is 0.889. The van der Waals surface area contributed by atoms with Crippen LogP contribution in [0.4, 0.5) is 0 Å². The highest BCUT2D eigenvalue weighted by Gasteiger charge is 2.67. The lowest BCUT2D eigenvalue weighted by Gasteiger charge is -2.60. The molecule has 4 rings (SSSR count). The van der Waals surface area contributed by atoms with E-state index in [1.54, 1.807) is 19.9 Å². The lowest BCUT2D eigenvalue weighted by atomic mass is 9.46. The van der Waals surface area contributed by atoms with Crippen LogP contribution in [0, 0.1) is 34.5 Å². The Hall–Kier alpha value is -0.640. The Labute approximate surface area is 219 Å². The monoisotopic (exact) mass is 544 g/mol. The number of carbonyl (C=O) groups excluding carboxylic acids is 1. The van der Waals surface area contributed by atoms with E-state index >= 15 is 0 Å². The van der Waals surface area contributed by atoms with E-state index in [9.17, 15) is 39.6 Å². The number of ketones is 1. The Balaban J connectivity index is 1.66. The third-order valence-electron chi connectivity index (χ3n) is 10.7. The van der Waals surface area contributed by atoms with Gasteiger partial charge in [-0.05, 0) is 100 Å². The van der Waals surface area contributed by atoms with Crippen LogP contribution >= 0.6 is 7.82 Å². The third kappa shape index (κ3) is 5.04. The smallest absolute Gasteiger partial charge is 0.390 e. The maximum absolute atomic E-state index is 13.3. The molecule has 0 aromatic rings. The van der Waals surface area contributed by atoms with Crippen molar-refractivity contribution >= 4 is 13.6 Å². The van der Waals surface area contributed by atoms with Gasteiger partial charge in [0.05, 0.1) is 29.5 Å². The summed E-state index contributed by atoms with van der Waals surface area (Å²) in [5.74, 6) is -1.05. The average Bonchev–Trinajstić information content (AvgIpc) is 3.03. The fourth-order valence-corrected chi connectivity index (χ4v) is 9.25. The molecule has 0 heterocycles. The summed E-state index contributed by atoms with van der Waals surface area (Å²) in [6, 6.07) is 0. The second-order valence-electron chi connectivity index (χ2n) is 13.5. The molecule has 4 aliphatic carbocycles. The zero-order valence-electron chi connectivity index (χ0n) is 22.6. The highest BCUT2D eigenvalue weighted by molar-refractivity contribution is 7.46. The molecule has 9 nitrogen and oxygen atoms in total. The van der Waals surface area contributed by atoms with Crippen molar-refractivity contribution in [3.63, 3.8) is 0 Å². The van der Waals surface area contributed by atoms with Gasteiger partial charge in [-0.1, -0.05) is 20.8 Å². The van der Waals surface area contributed by atoms with E-state index in [0.29, 0.717) is 44.1 Å². The van der Waals surface area contributed by atoms with E-state index in [-0.39, 0.29) is 36.4 Å². The number of fused-ring (bicyclic) bond motifs is 5. The molecule has 0 aromatic carbocycles. The second kappa shape index (κ2) is 9.48. The van der Waals surface area contributed by atoms with Crippen molar-refractivity contribution in [1.29, 1.82) is 0 Å². The lowest BCUT2D eigenvalue weighted by Crippen LogP contribution is -2.61. The first-order valence-electron chi connectivity index (χ1n) is 13.6. The number of aliphatic hydroxyl groups is 4. The van der Waals surface area contributed by atoms with Gasteiger partial charge in [0, 0.05) is 11.3 Å². The van der Waals surface area contributed by atoms with Gasteiger partial charge in [-0.15, -0.1) is 0 Å². The minimum absolute atomic E-state index is 0.0955.